The average molecular weight is 392 g/mol. The van der Waals surface area contributed by atoms with Gasteiger partial charge in [0.25, 0.3) is 5.91 Å². The first-order chi connectivity index (χ1) is 14.0. The Morgan fingerprint density at radius 1 is 1.03 bits per heavy atom. The van der Waals surface area contributed by atoms with Gasteiger partial charge in [-0.2, -0.15) is 5.10 Å². The summed E-state index contributed by atoms with van der Waals surface area (Å²) in [5.74, 6) is 0.836. The van der Waals surface area contributed by atoms with Crippen molar-refractivity contribution in [3.8, 4) is 5.75 Å². The molecule has 0 saturated heterocycles. The van der Waals surface area contributed by atoms with Crippen molar-refractivity contribution in [2.45, 2.75) is 12.8 Å². The lowest BCUT2D eigenvalue weighted by Gasteiger charge is -2.05. The highest BCUT2D eigenvalue weighted by Crippen LogP contribution is 2.12. The first-order valence-corrected chi connectivity index (χ1v) is 9.34. The highest BCUT2D eigenvalue weighted by Gasteiger charge is 2.14. The largest absolute Gasteiger partial charge is 0.497 e. The van der Waals surface area contributed by atoms with Crippen molar-refractivity contribution in [1.82, 2.24) is 15.1 Å². The van der Waals surface area contributed by atoms with Gasteiger partial charge in [-0.15, -0.1) is 0 Å². The topological polar surface area (TPSA) is 85.3 Å². The third-order valence-electron chi connectivity index (χ3n) is 4.45. The molecule has 0 aliphatic carbocycles. The number of carbonyl (C=O) groups is 2. The SMILES string of the molecule is COc1ccc(CCNC(=O)c2cc(NC(=O)Cc3ccccc3)n(C)n2)cc1. The maximum atomic E-state index is 12.4. The number of rotatable bonds is 8. The zero-order chi connectivity index (χ0) is 20.6. The molecule has 2 amide bonds. The van der Waals surface area contributed by atoms with Crippen LogP contribution in [0, 0.1) is 0 Å². The number of methoxy groups -OCH3 is 1. The smallest absolute Gasteiger partial charge is 0.271 e. The Kier molecular flexibility index (Phi) is 6.63. The van der Waals surface area contributed by atoms with E-state index in [4.69, 9.17) is 4.74 Å². The van der Waals surface area contributed by atoms with Crippen molar-refractivity contribution < 1.29 is 14.3 Å². The maximum absolute atomic E-state index is 12.4. The molecule has 0 bridgehead atoms. The predicted molar refractivity (Wildman–Crippen MR) is 111 cm³/mol. The molecule has 0 fully saturated rings. The van der Waals surface area contributed by atoms with Crippen molar-refractivity contribution in [2.24, 2.45) is 7.05 Å². The summed E-state index contributed by atoms with van der Waals surface area (Å²) in [4.78, 5) is 24.6. The molecular formula is C22H24N4O3. The summed E-state index contributed by atoms with van der Waals surface area (Å²) >= 11 is 0. The van der Waals surface area contributed by atoms with E-state index in [2.05, 4.69) is 15.7 Å². The van der Waals surface area contributed by atoms with E-state index < -0.39 is 0 Å². The van der Waals surface area contributed by atoms with E-state index in [1.807, 2.05) is 54.6 Å². The maximum Gasteiger partial charge on any atom is 0.271 e. The Morgan fingerprint density at radius 2 is 1.76 bits per heavy atom. The van der Waals surface area contributed by atoms with Crippen LogP contribution in [-0.4, -0.2) is 35.2 Å². The Labute approximate surface area is 169 Å². The molecule has 0 atom stereocenters. The summed E-state index contributed by atoms with van der Waals surface area (Å²) in [6.45, 7) is 0.484. The highest BCUT2D eigenvalue weighted by molar-refractivity contribution is 5.95. The number of amides is 2. The number of nitrogens with one attached hydrogen (secondary N) is 2. The molecule has 1 aromatic heterocycles. The lowest BCUT2D eigenvalue weighted by Crippen LogP contribution is -2.26. The van der Waals surface area contributed by atoms with E-state index in [0.29, 0.717) is 18.8 Å². The molecular weight excluding hydrogens is 368 g/mol. The van der Waals surface area contributed by atoms with Gasteiger partial charge in [-0.1, -0.05) is 42.5 Å². The van der Waals surface area contributed by atoms with Crippen LogP contribution in [0.2, 0.25) is 0 Å². The molecule has 0 saturated carbocycles. The molecule has 3 rings (SSSR count). The molecule has 2 N–H and O–H groups in total. The van der Waals surface area contributed by atoms with Gasteiger partial charge in [0.15, 0.2) is 5.69 Å². The molecule has 7 heteroatoms. The van der Waals surface area contributed by atoms with Gasteiger partial charge < -0.3 is 15.4 Å². The number of ether oxygens (including phenoxy) is 1. The van der Waals surface area contributed by atoms with Gasteiger partial charge in [0.05, 0.1) is 13.5 Å². The molecule has 29 heavy (non-hydrogen) atoms. The molecule has 3 aromatic rings. The molecule has 0 aliphatic heterocycles. The van der Waals surface area contributed by atoms with E-state index in [-0.39, 0.29) is 23.9 Å². The molecule has 150 valence electrons. The van der Waals surface area contributed by atoms with Gasteiger partial charge in [-0.3, -0.25) is 14.3 Å². The summed E-state index contributed by atoms with van der Waals surface area (Å²) in [7, 11) is 3.31. The number of hydrogen-bond acceptors (Lipinski definition) is 4. The molecule has 0 aliphatic rings. The number of benzene rings is 2. The van der Waals surface area contributed by atoms with Crippen LogP contribution in [0.25, 0.3) is 0 Å². The van der Waals surface area contributed by atoms with Crippen LogP contribution in [-0.2, 0) is 24.7 Å². The molecule has 7 nitrogen and oxygen atoms in total. The van der Waals surface area contributed by atoms with Crippen LogP contribution < -0.4 is 15.4 Å². The van der Waals surface area contributed by atoms with Gasteiger partial charge in [0, 0.05) is 19.7 Å². The van der Waals surface area contributed by atoms with Gasteiger partial charge in [-0.05, 0) is 29.7 Å². The van der Waals surface area contributed by atoms with Crippen LogP contribution in [0.4, 0.5) is 5.82 Å². The minimum Gasteiger partial charge on any atom is -0.497 e. The van der Waals surface area contributed by atoms with Gasteiger partial charge in [0.1, 0.15) is 11.6 Å². The highest BCUT2D eigenvalue weighted by atomic mass is 16.5. The molecule has 2 aromatic carbocycles. The van der Waals surface area contributed by atoms with E-state index in [9.17, 15) is 9.59 Å². The lowest BCUT2D eigenvalue weighted by atomic mass is 10.1. The molecule has 1 heterocycles. The zero-order valence-corrected chi connectivity index (χ0v) is 16.5. The Hall–Kier alpha value is -3.61. The number of carbonyl (C=O) groups excluding carboxylic acids is 2. The fourth-order valence-electron chi connectivity index (χ4n) is 2.87. The number of aryl methyl sites for hydroxylation is 1. The van der Waals surface area contributed by atoms with E-state index >= 15 is 0 Å². The Morgan fingerprint density at radius 3 is 2.45 bits per heavy atom. The summed E-state index contributed by atoms with van der Waals surface area (Å²) in [6.07, 6.45) is 0.957. The second kappa shape index (κ2) is 9.54. The Bertz CT molecular complexity index is 965. The van der Waals surface area contributed by atoms with Crippen LogP contribution in [0.5, 0.6) is 5.75 Å². The standard InChI is InChI=1S/C22H24N4O3/c1-26-20(24-21(27)14-17-6-4-3-5-7-17)15-19(25-26)22(28)23-13-12-16-8-10-18(29-2)11-9-16/h3-11,15H,12-14H2,1-2H3,(H,23,28)(H,24,27). The van der Waals surface area contributed by atoms with Crippen molar-refractivity contribution in [1.29, 1.82) is 0 Å². The number of aromatic nitrogens is 2. The minimum absolute atomic E-state index is 0.161. The van der Waals surface area contributed by atoms with Crippen LogP contribution in [0.3, 0.4) is 0 Å². The summed E-state index contributed by atoms with van der Waals surface area (Å²) in [6, 6.07) is 18.8. The fraction of sp³-hybridized carbons (Fsp3) is 0.227. The van der Waals surface area contributed by atoms with E-state index in [1.165, 1.54) is 4.68 Å². The van der Waals surface area contributed by atoms with Crippen molar-refractivity contribution in [3.63, 3.8) is 0 Å². The van der Waals surface area contributed by atoms with Gasteiger partial charge in [-0.25, -0.2) is 0 Å². The normalized spacial score (nSPS) is 10.4. The van der Waals surface area contributed by atoms with Gasteiger partial charge >= 0.3 is 0 Å². The third-order valence-corrected chi connectivity index (χ3v) is 4.45. The molecule has 0 radical (unpaired) electrons. The molecule has 0 spiro atoms. The first kappa shape index (κ1) is 20.1. The van der Waals surface area contributed by atoms with Crippen molar-refractivity contribution in [3.05, 3.63) is 77.5 Å². The number of hydrogen-bond donors (Lipinski definition) is 2. The van der Waals surface area contributed by atoms with Gasteiger partial charge in [0.2, 0.25) is 5.91 Å². The fourth-order valence-corrected chi connectivity index (χ4v) is 2.87. The first-order valence-electron chi connectivity index (χ1n) is 9.34. The number of nitrogens with zero attached hydrogens (tertiary/aromatic N) is 2. The zero-order valence-electron chi connectivity index (χ0n) is 16.5. The summed E-state index contributed by atoms with van der Waals surface area (Å²) in [5.41, 5.74) is 2.28. The van der Waals surface area contributed by atoms with Crippen LogP contribution >= 0.6 is 0 Å². The number of anilines is 1. The van der Waals surface area contributed by atoms with E-state index in [0.717, 1.165) is 16.9 Å². The quantitative estimate of drug-likeness (QED) is 0.617. The monoisotopic (exact) mass is 392 g/mol. The summed E-state index contributed by atoms with van der Waals surface area (Å²) in [5, 5.41) is 9.84. The third kappa shape index (κ3) is 5.68. The Balaban J connectivity index is 1.51. The second-order valence-electron chi connectivity index (χ2n) is 6.60. The summed E-state index contributed by atoms with van der Waals surface area (Å²) < 4.78 is 6.62. The molecule has 0 unspecified atom stereocenters. The predicted octanol–water partition coefficient (Wildman–Crippen LogP) is 2.58. The minimum atomic E-state index is -0.280. The lowest BCUT2D eigenvalue weighted by molar-refractivity contribution is -0.115. The van der Waals surface area contributed by atoms with Crippen LogP contribution in [0.15, 0.2) is 60.7 Å². The van der Waals surface area contributed by atoms with Crippen molar-refractivity contribution >= 4 is 17.6 Å². The van der Waals surface area contributed by atoms with E-state index in [1.54, 1.807) is 20.2 Å². The average Bonchev–Trinajstić information content (AvgIpc) is 3.09. The van der Waals surface area contributed by atoms with Crippen molar-refractivity contribution in [2.75, 3.05) is 19.0 Å². The second-order valence-corrected chi connectivity index (χ2v) is 6.60. The van der Waals surface area contributed by atoms with Crippen LogP contribution in [0.1, 0.15) is 21.6 Å².